The van der Waals surface area contributed by atoms with Crippen LogP contribution in [0.1, 0.15) is 0 Å². The molecule has 2 heterocycles. The highest BCUT2D eigenvalue weighted by molar-refractivity contribution is 7.13. The van der Waals surface area contributed by atoms with Gasteiger partial charge in [-0.2, -0.15) is 0 Å². The number of ether oxygens (including phenoxy) is 4. The summed E-state index contributed by atoms with van der Waals surface area (Å²) >= 11 is 1.52. The molecule has 1 aromatic heterocycles. The van der Waals surface area contributed by atoms with E-state index in [1.54, 1.807) is 20.4 Å². The molecule has 25 heavy (non-hydrogen) atoms. The zero-order valence-corrected chi connectivity index (χ0v) is 14.6. The van der Waals surface area contributed by atoms with E-state index < -0.39 is 0 Å². The van der Waals surface area contributed by atoms with Crippen LogP contribution in [0.2, 0.25) is 0 Å². The van der Waals surface area contributed by atoms with E-state index in [1.165, 1.54) is 11.3 Å². The van der Waals surface area contributed by atoms with E-state index in [-0.39, 0.29) is 6.79 Å². The number of rotatable bonds is 5. The van der Waals surface area contributed by atoms with Crippen molar-refractivity contribution in [3.8, 4) is 34.1 Å². The molecule has 0 atom stereocenters. The molecule has 1 aliphatic rings. The molecule has 0 radical (unpaired) electrons. The SMILES string of the molecule is COc1ccc(OC)c(-c2c(Nc3nccs3)ccc3c2OCO3)c1. The normalized spacial score (nSPS) is 12.1. The van der Waals surface area contributed by atoms with E-state index in [0.29, 0.717) is 17.2 Å². The van der Waals surface area contributed by atoms with Gasteiger partial charge in [0, 0.05) is 17.1 Å². The van der Waals surface area contributed by atoms with Crippen molar-refractivity contribution in [2.45, 2.75) is 0 Å². The summed E-state index contributed by atoms with van der Waals surface area (Å²) in [6.45, 7) is 0.190. The fourth-order valence-corrected chi connectivity index (χ4v) is 3.29. The molecule has 0 unspecified atom stereocenters. The molecule has 0 amide bonds. The maximum Gasteiger partial charge on any atom is 0.231 e. The molecule has 2 aromatic carbocycles. The van der Waals surface area contributed by atoms with E-state index in [2.05, 4.69) is 10.3 Å². The molecule has 4 rings (SSSR count). The van der Waals surface area contributed by atoms with Crippen LogP contribution < -0.4 is 24.3 Å². The maximum absolute atomic E-state index is 5.74. The summed E-state index contributed by atoms with van der Waals surface area (Å²) in [6.07, 6.45) is 1.76. The Morgan fingerprint density at radius 3 is 2.80 bits per heavy atom. The average molecular weight is 356 g/mol. The highest BCUT2D eigenvalue weighted by Crippen LogP contribution is 2.49. The predicted molar refractivity (Wildman–Crippen MR) is 96.5 cm³/mol. The van der Waals surface area contributed by atoms with Gasteiger partial charge < -0.3 is 24.3 Å². The smallest absolute Gasteiger partial charge is 0.231 e. The molecule has 1 aliphatic heterocycles. The summed E-state index contributed by atoms with van der Waals surface area (Å²) in [5, 5.41) is 6.06. The quantitative estimate of drug-likeness (QED) is 0.735. The van der Waals surface area contributed by atoms with Crippen molar-refractivity contribution in [3.05, 3.63) is 41.9 Å². The molecular formula is C18H16N2O4S. The Kier molecular flexibility index (Phi) is 4.07. The Morgan fingerprint density at radius 2 is 2.04 bits per heavy atom. The Morgan fingerprint density at radius 1 is 1.12 bits per heavy atom. The maximum atomic E-state index is 5.74. The second-order valence-electron chi connectivity index (χ2n) is 5.25. The standard InChI is InChI=1S/C18H16N2O4S/c1-21-11-3-5-14(22-2)12(9-11)16-13(20-18-19-7-8-25-18)4-6-15-17(16)24-10-23-15/h3-9H,10H2,1-2H3,(H,19,20). The van der Waals surface area contributed by atoms with Gasteiger partial charge >= 0.3 is 0 Å². The number of nitrogens with zero attached hydrogens (tertiary/aromatic N) is 1. The second kappa shape index (κ2) is 6.52. The van der Waals surface area contributed by atoms with E-state index in [4.69, 9.17) is 18.9 Å². The Hall–Kier alpha value is -2.93. The summed E-state index contributed by atoms with van der Waals surface area (Å²) in [7, 11) is 3.27. The van der Waals surface area contributed by atoms with E-state index >= 15 is 0 Å². The third kappa shape index (κ3) is 2.83. The van der Waals surface area contributed by atoms with Gasteiger partial charge in [0.2, 0.25) is 6.79 Å². The third-order valence-electron chi connectivity index (χ3n) is 3.89. The van der Waals surface area contributed by atoms with Crippen molar-refractivity contribution >= 4 is 22.2 Å². The summed E-state index contributed by atoms with van der Waals surface area (Å²) in [6, 6.07) is 9.48. The van der Waals surface area contributed by atoms with Crippen molar-refractivity contribution in [2.75, 3.05) is 26.3 Å². The summed E-state index contributed by atoms with van der Waals surface area (Å²) in [5.74, 6) is 2.82. The molecule has 0 fully saturated rings. The first-order valence-corrected chi connectivity index (χ1v) is 8.49. The first-order valence-electron chi connectivity index (χ1n) is 7.61. The number of hydrogen-bond acceptors (Lipinski definition) is 7. The number of methoxy groups -OCH3 is 2. The number of fused-ring (bicyclic) bond motifs is 1. The van der Waals surface area contributed by atoms with Crippen molar-refractivity contribution in [1.82, 2.24) is 4.98 Å². The van der Waals surface area contributed by atoms with Crippen LogP contribution in [-0.4, -0.2) is 26.0 Å². The van der Waals surface area contributed by atoms with Crippen molar-refractivity contribution in [1.29, 1.82) is 0 Å². The molecular weight excluding hydrogens is 340 g/mol. The number of hydrogen-bond donors (Lipinski definition) is 1. The fourth-order valence-electron chi connectivity index (χ4n) is 2.75. The van der Waals surface area contributed by atoms with Crippen LogP contribution in [0, 0.1) is 0 Å². The summed E-state index contributed by atoms with van der Waals surface area (Å²) < 4.78 is 22.2. The zero-order chi connectivity index (χ0) is 17.2. The molecule has 0 spiro atoms. The van der Waals surface area contributed by atoms with Gasteiger partial charge in [0.1, 0.15) is 11.5 Å². The fraction of sp³-hybridized carbons (Fsp3) is 0.167. The van der Waals surface area contributed by atoms with Gasteiger partial charge in [-0.3, -0.25) is 0 Å². The van der Waals surface area contributed by atoms with E-state index in [0.717, 1.165) is 27.7 Å². The largest absolute Gasteiger partial charge is 0.497 e. The van der Waals surface area contributed by atoms with Crippen molar-refractivity contribution < 1.29 is 18.9 Å². The highest BCUT2D eigenvalue weighted by atomic mass is 32.1. The minimum absolute atomic E-state index is 0.190. The topological polar surface area (TPSA) is 61.8 Å². The molecule has 128 valence electrons. The van der Waals surface area contributed by atoms with Crippen LogP contribution in [0.25, 0.3) is 11.1 Å². The van der Waals surface area contributed by atoms with Crippen LogP contribution >= 0.6 is 11.3 Å². The average Bonchev–Trinajstić information content (AvgIpc) is 3.32. The van der Waals surface area contributed by atoms with Gasteiger partial charge in [-0.15, -0.1) is 11.3 Å². The number of benzene rings is 2. The van der Waals surface area contributed by atoms with Gasteiger partial charge in [-0.05, 0) is 30.3 Å². The minimum atomic E-state index is 0.190. The Bertz CT molecular complexity index is 896. The summed E-state index contributed by atoms with van der Waals surface area (Å²) in [4.78, 5) is 4.30. The zero-order valence-electron chi connectivity index (χ0n) is 13.7. The molecule has 3 aromatic rings. The molecule has 0 aliphatic carbocycles. The first-order chi connectivity index (χ1) is 12.3. The van der Waals surface area contributed by atoms with E-state index in [9.17, 15) is 0 Å². The molecule has 1 N–H and O–H groups in total. The molecule has 7 heteroatoms. The molecule has 0 bridgehead atoms. The van der Waals surface area contributed by atoms with Crippen molar-refractivity contribution in [2.24, 2.45) is 0 Å². The van der Waals surface area contributed by atoms with Gasteiger partial charge in [0.15, 0.2) is 16.6 Å². The van der Waals surface area contributed by atoms with E-state index in [1.807, 2.05) is 35.7 Å². The van der Waals surface area contributed by atoms with Crippen molar-refractivity contribution in [3.63, 3.8) is 0 Å². The lowest BCUT2D eigenvalue weighted by Crippen LogP contribution is -1.98. The van der Waals surface area contributed by atoms with Crippen LogP contribution in [0.3, 0.4) is 0 Å². The van der Waals surface area contributed by atoms with Gasteiger partial charge in [0.05, 0.1) is 25.5 Å². The van der Waals surface area contributed by atoms with Crippen LogP contribution in [0.5, 0.6) is 23.0 Å². The third-order valence-corrected chi connectivity index (χ3v) is 4.58. The lowest BCUT2D eigenvalue weighted by Gasteiger charge is -2.16. The minimum Gasteiger partial charge on any atom is -0.497 e. The van der Waals surface area contributed by atoms with Crippen LogP contribution in [0.15, 0.2) is 41.9 Å². The number of nitrogens with one attached hydrogen (secondary N) is 1. The van der Waals surface area contributed by atoms with Crippen LogP contribution in [-0.2, 0) is 0 Å². The summed E-state index contributed by atoms with van der Waals surface area (Å²) in [5.41, 5.74) is 2.55. The number of aromatic nitrogens is 1. The Labute approximate surface area is 148 Å². The highest BCUT2D eigenvalue weighted by Gasteiger charge is 2.25. The lowest BCUT2D eigenvalue weighted by molar-refractivity contribution is 0.174. The first kappa shape index (κ1) is 15.6. The Balaban J connectivity index is 1.92. The van der Waals surface area contributed by atoms with Gasteiger partial charge in [-0.25, -0.2) is 4.98 Å². The van der Waals surface area contributed by atoms with Gasteiger partial charge in [0.25, 0.3) is 0 Å². The second-order valence-corrected chi connectivity index (χ2v) is 6.14. The molecule has 0 saturated heterocycles. The predicted octanol–water partition coefficient (Wildman–Crippen LogP) is 4.30. The number of anilines is 2. The molecule has 6 nitrogen and oxygen atoms in total. The van der Waals surface area contributed by atoms with Gasteiger partial charge in [-0.1, -0.05) is 0 Å². The monoisotopic (exact) mass is 356 g/mol. The molecule has 0 saturated carbocycles. The number of thiazole rings is 1. The van der Waals surface area contributed by atoms with Crippen LogP contribution in [0.4, 0.5) is 10.8 Å². The lowest BCUT2D eigenvalue weighted by atomic mass is 10.00.